The number of ether oxygens (including phenoxy) is 2. The first-order valence-electron chi connectivity index (χ1n) is 11.5. The molecule has 0 aliphatic heterocycles. The molecule has 1 saturated carbocycles. The largest absolute Gasteiger partial charge is 0.465 e. The summed E-state index contributed by atoms with van der Waals surface area (Å²) in [5.74, 6) is 3.16. The quantitative estimate of drug-likeness (QED) is 0.385. The Labute approximate surface area is 169 Å². The second-order valence-electron chi connectivity index (χ2n) is 8.15. The molecule has 2 unspecified atom stereocenters. The highest BCUT2D eigenvalue weighted by atomic mass is 16.7. The van der Waals surface area contributed by atoms with E-state index in [0.717, 1.165) is 24.2 Å². The third-order valence-corrected chi connectivity index (χ3v) is 5.51. The van der Waals surface area contributed by atoms with E-state index in [-0.39, 0.29) is 6.29 Å². The van der Waals surface area contributed by atoms with Gasteiger partial charge in [0.25, 0.3) is 0 Å². The third kappa shape index (κ3) is 9.65. The summed E-state index contributed by atoms with van der Waals surface area (Å²) in [6.07, 6.45) is 10.4. The van der Waals surface area contributed by atoms with E-state index in [2.05, 4.69) is 45.0 Å². The summed E-state index contributed by atoms with van der Waals surface area (Å²) in [6, 6.07) is 8.64. The Morgan fingerprint density at radius 3 is 2.15 bits per heavy atom. The van der Waals surface area contributed by atoms with Crippen LogP contribution in [-0.2, 0) is 4.74 Å². The lowest BCUT2D eigenvalue weighted by Crippen LogP contribution is -2.19. The Bertz CT molecular complexity index is 460. The maximum atomic E-state index is 5.93. The molecule has 0 bridgehead atoms. The minimum Gasteiger partial charge on any atom is -0.465 e. The lowest BCUT2D eigenvalue weighted by atomic mass is 9.87. The fraction of sp³-hybridized carbons (Fsp3) is 0.760. The minimum atomic E-state index is -0.174. The van der Waals surface area contributed by atoms with Gasteiger partial charge in [0.15, 0.2) is 6.29 Å². The van der Waals surface area contributed by atoms with Crippen molar-refractivity contribution in [1.29, 1.82) is 0 Å². The van der Waals surface area contributed by atoms with Crippen molar-refractivity contribution >= 4 is 0 Å². The zero-order valence-electron chi connectivity index (χ0n) is 18.8. The summed E-state index contributed by atoms with van der Waals surface area (Å²) in [7, 11) is 0. The first-order valence-corrected chi connectivity index (χ1v) is 11.5. The lowest BCUT2D eigenvalue weighted by Gasteiger charge is -2.22. The number of hydrogen-bond acceptors (Lipinski definition) is 2. The van der Waals surface area contributed by atoms with Crippen LogP contribution < -0.4 is 4.74 Å². The lowest BCUT2D eigenvalue weighted by molar-refractivity contribution is -0.0711. The van der Waals surface area contributed by atoms with Gasteiger partial charge in [0.05, 0.1) is 6.61 Å². The van der Waals surface area contributed by atoms with E-state index in [0.29, 0.717) is 5.92 Å². The monoisotopic (exact) mass is 376 g/mol. The maximum absolute atomic E-state index is 5.93. The average Bonchev–Trinajstić information content (AvgIpc) is 2.69. The number of hydrogen-bond donors (Lipinski definition) is 0. The molecule has 0 amide bonds. The van der Waals surface area contributed by atoms with Gasteiger partial charge in [-0.05, 0) is 61.6 Å². The van der Waals surface area contributed by atoms with Crippen molar-refractivity contribution in [2.75, 3.05) is 6.61 Å². The Morgan fingerprint density at radius 1 is 0.963 bits per heavy atom. The van der Waals surface area contributed by atoms with Crippen LogP contribution in [0.3, 0.4) is 0 Å². The molecule has 156 valence electrons. The van der Waals surface area contributed by atoms with E-state index >= 15 is 0 Å². The molecular weight excluding hydrogens is 332 g/mol. The molecule has 0 N–H and O–H groups in total. The molecule has 0 saturated heterocycles. The van der Waals surface area contributed by atoms with Crippen LogP contribution in [-0.4, -0.2) is 12.9 Å². The van der Waals surface area contributed by atoms with E-state index in [1.807, 2.05) is 20.8 Å². The van der Waals surface area contributed by atoms with Crippen molar-refractivity contribution in [3.8, 4) is 5.75 Å². The zero-order valence-corrected chi connectivity index (χ0v) is 18.8. The molecule has 0 radical (unpaired) electrons. The highest BCUT2D eigenvalue weighted by Gasteiger charge is 2.14. The van der Waals surface area contributed by atoms with Gasteiger partial charge in [-0.3, -0.25) is 0 Å². The van der Waals surface area contributed by atoms with Crippen LogP contribution in [0.2, 0.25) is 0 Å². The molecule has 0 spiro atoms. The zero-order chi connectivity index (χ0) is 20.1. The van der Waals surface area contributed by atoms with E-state index < -0.39 is 0 Å². The molecule has 2 atom stereocenters. The Balaban J connectivity index is 0.00000176. The molecule has 1 aliphatic rings. The molecule has 0 aromatic heterocycles. The molecule has 0 heterocycles. The maximum Gasteiger partial charge on any atom is 0.196 e. The van der Waals surface area contributed by atoms with Gasteiger partial charge in [0.2, 0.25) is 0 Å². The summed E-state index contributed by atoms with van der Waals surface area (Å²) in [5, 5.41) is 0. The third-order valence-electron chi connectivity index (χ3n) is 5.51. The van der Waals surface area contributed by atoms with Gasteiger partial charge >= 0.3 is 0 Å². The van der Waals surface area contributed by atoms with Crippen LogP contribution in [0, 0.1) is 11.8 Å². The smallest absolute Gasteiger partial charge is 0.196 e. The first kappa shape index (κ1) is 24.0. The van der Waals surface area contributed by atoms with Crippen LogP contribution >= 0.6 is 0 Å². The fourth-order valence-electron chi connectivity index (χ4n) is 4.03. The highest BCUT2D eigenvalue weighted by molar-refractivity contribution is 5.29. The molecule has 2 nitrogen and oxygen atoms in total. The summed E-state index contributed by atoms with van der Waals surface area (Å²) < 4.78 is 11.8. The Kier molecular flexibility index (Phi) is 12.5. The van der Waals surface area contributed by atoms with Crippen molar-refractivity contribution < 1.29 is 9.47 Å². The topological polar surface area (TPSA) is 18.5 Å². The van der Waals surface area contributed by atoms with Crippen molar-refractivity contribution in [3.63, 3.8) is 0 Å². The van der Waals surface area contributed by atoms with Gasteiger partial charge < -0.3 is 9.47 Å². The molecule has 2 heteroatoms. The minimum absolute atomic E-state index is 0.174. The van der Waals surface area contributed by atoms with Gasteiger partial charge in [-0.2, -0.15) is 0 Å². The van der Waals surface area contributed by atoms with Crippen molar-refractivity contribution in [2.24, 2.45) is 11.8 Å². The molecule has 2 rings (SSSR count). The van der Waals surface area contributed by atoms with Gasteiger partial charge in [-0.15, -0.1) is 0 Å². The van der Waals surface area contributed by atoms with Crippen LogP contribution in [0.5, 0.6) is 5.75 Å². The Hall–Kier alpha value is -1.02. The van der Waals surface area contributed by atoms with Gasteiger partial charge in [-0.1, -0.05) is 78.9 Å². The van der Waals surface area contributed by atoms with E-state index in [4.69, 9.17) is 9.47 Å². The second-order valence-corrected chi connectivity index (χ2v) is 8.15. The van der Waals surface area contributed by atoms with Crippen molar-refractivity contribution in [3.05, 3.63) is 29.8 Å². The SMILES string of the molecule is CC.CCC(CC(C)C)c1ccc(OC(C)OCCC2CCCCC2)cc1. The van der Waals surface area contributed by atoms with Crippen LogP contribution in [0.4, 0.5) is 0 Å². The molecular formula is C25H44O2. The molecule has 1 aromatic rings. The predicted octanol–water partition coefficient (Wildman–Crippen LogP) is 7.96. The molecule has 27 heavy (non-hydrogen) atoms. The van der Waals surface area contributed by atoms with Crippen molar-refractivity contribution in [1.82, 2.24) is 0 Å². The highest BCUT2D eigenvalue weighted by Crippen LogP contribution is 2.29. The second kappa shape index (κ2) is 14.0. The Morgan fingerprint density at radius 2 is 1.59 bits per heavy atom. The standard InChI is InChI=1S/C23H38O2.C2H6/c1-5-21(17-18(2)3)22-11-13-23(14-12-22)25-19(4)24-16-15-20-9-7-6-8-10-20;1-2/h11-14,18-21H,5-10,15-17H2,1-4H3;1-2H3. The van der Waals surface area contributed by atoms with Crippen LogP contribution in [0.25, 0.3) is 0 Å². The summed E-state index contributed by atoms with van der Waals surface area (Å²) in [6.45, 7) is 13.7. The molecule has 1 aromatic carbocycles. The number of benzene rings is 1. The first-order chi connectivity index (χ1) is 13.1. The normalized spacial score (nSPS) is 17.1. The van der Waals surface area contributed by atoms with Gasteiger partial charge in [-0.25, -0.2) is 0 Å². The van der Waals surface area contributed by atoms with Gasteiger partial charge in [0, 0.05) is 0 Å². The fourth-order valence-corrected chi connectivity index (χ4v) is 4.03. The van der Waals surface area contributed by atoms with Crippen LogP contribution in [0.15, 0.2) is 24.3 Å². The molecule has 1 fully saturated rings. The predicted molar refractivity (Wildman–Crippen MR) is 118 cm³/mol. The van der Waals surface area contributed by atoms with Crippen molar-refractivity contribution in [2.45, 2.75) is 105 Å². The molecule has 1 aliphatic carbocycles. The average molecular weight is 377 g/mol. The summed E-state index contributed by atoms with van der Waals surface area (Å²) in [5.41, 5.74) is 1.43. The van der Waals surface area contributed by atoms with Crippen LogP contribution in [0.1, 0.15) is 104 Å². The van der Waals surface area contributed by atoms with E-state index in [1.54, 1.807) is 0 Å². The van der Waals surface area contributed by atoms with E-state index in [1.165, 1.54) is 56.9 Å². The number of rotatable bonds is 10. The summed E-state index contributed by atoms with van der Waals surface area (Å²) >= 11 is 0. The van der Waals surface area contributed by atoms with E-state index in [9.17, 15) is 0 Å². The summed E-state index contributed by atoms with van der Waals surface area (Å²) in [4.78, 5) is 0. The van der Waals surface area contributed by atoms with Gasteiger partial charge in [0.1, 0.15) is 5.75 Å².